The maximum absolute atomic E-state index is 13.9. The van der Waals surface area contributed by atoms with Gasteiger partial charge in [-0.05, 0) is 75.6 Å². The first-order chi connectivity index (χ1) is 14.9. The SMILES string of the molecule is Cl.O=C(c1ccc(F)cc1F)C1CCN(CCCc2coc3ccc(Cl)cc3c2=O)CC1. The number of rotatable bonds is 6. The van der Waals surface area contributed by atoms with E-state index in [0.717, 1.165) is 38.2 Å². The molecule has 3 aromatic rings. The minimum atomic E-state index is -0.803. The number of aryl methyl sites for hydroxylation is 1. The summed E-state index contributed by atoms with van der Waals surface area (Å²) in [6, 6.07) is 8.08. The number of benzene rings is 2. The zero-order valence-corrected chi connectivity index (χ0v) is 18.9. The molecule has 2 aromatic carbocycles. The highest BCUT2D eigenvalue weighted by Crippen LogP contribution is 2.24. The van der Waals surface area contributed by atoms with Crippen molar-refractivity contribution >= 4 is 40.8 Å². The van der Waals surface area contributed by atoms with Crippen LogP contribution in [0.4, 0.5) is 8.78 Å². The van der Waals surface area contributed by atoms with Gasteiger partial charge in [0, 0.05) is 22.6 Å². The fourth-order valence-electron chi connectivity index (χ4n) is 4.14. The van der Waals surface area contributed by atoms with Crippen LogP contribution in [0.3, 0.4) is 0 Å². The zero-order valence-electron chi connectivity index (χ0n) is 17.3. The lowest BCUT2D eigenvalue weighted by molar-refractivity contribution is 0.0835. The summed E-state index contributed by atoms with van der Waals surface area (Å²) < 4.78 is 32.5. The molecule has 170 valence electrons. The molecule has 1 saturated heterocycles. The molecular weight excluding hydrogens is 459 g/mol. The molecule has 2 heterocycles. The Balaban J connectivity index is 0.00000289. The molecule has 1 aliphatic rings. The molecule has 0 N–H and O–H groups in total. The largest absolute Gasteiger partial charge is 0.464 e. The van der Waals surface area contributed by atoms with Crippen LogP contribution in [0.25, 0.3) is 11.0 Å². The lowest BCUT2D eigenvalue weighted by Crippen LogP contribution is -2.37. The summed E-state index contributed by atoms with van der Waals surface area (Å²) in [5, 5.41) is 0.979. The molecule has 0 spiro atoms. The number of likely N-dealkylation sites (tertiary alicyclic amines) is 1. The number of carbonyl (C=O) groups excluding carboxylic acids is 1. The standard InChI is InChI=1S/C24H22ClF2NO3.ClH/c25-17-3-6-22-20(12-17)24(30)16(14-31-22)2-1-9-28-10-7-15(8-11-28)23(29)19-5-4-18(26)13-21(19)27;/h3-6,12-15H,1-2,7-11H2;1H. The van der Waals surface area contributed by atoms with Crippen molar-refractivity contribution in [3.05, 3.63) is 80.7 Å². The van der Waals surface area contributed by atoms with Gasteiger partial charge >= 0.3 is 0 Å². The van der Waals surface area contributed by atoms with Gasteiger partial charge in [-0.2, -0.15) is 0 Å². The van der Waals surface area contributed by atoms with Gasteiger partial charge < -0.3 is 9.32 Å². The molecule has 32 heavy (non-hydrogen) atoms. The first kappa shape index (κ1) is 24.4. The molecule has 8 heteroatoms. The normalized spacial score (nSPS) is 15.0. The number of carbonyl (C=O) groups is 1. The molecule has 1 aliphatic heterocycles. The minimum Gasteiger partial charge on any atom is -0.464 e. The quantitative estimate of drug-likeness (QED) is 0.425. The smallest absolute Gasteiger partial charge is 0.195 e. The molecule has 0 atom stereocenters. The fourth-order valence-corrected chi connectivity index (χ4v) is 4.31. The Morgan fingerprint density at radius 2 is 1.88 bits per heavy atom. The Kier molecular flexibility index (Phi) is 8.04. The third kappa shape index (κ3) is 5.37. The van der Waals surface area contributed by atoms with Crippen molar-refractivity contribution in [3.8, 4) is 0 Å². The van der Waals surface area contributed by atoms with E-state index in [0.29, 0.717) is 40.8 Å². The van der Waals surface area contributed by atoms with Gasteiger partial charge in [0.15, 0.2) is 11.2 Å². The fraction of sp³-hybridized carbons (Fsp3) is 0.333. The van der Waals surface area contributed by atoms with Crippen molar-refractivity contribution in [1.29, 1.82) is 0 Å². The summed E-state index contributed by atoms with van der Waals surface area (Å²) in [7, 11) is 0. The maximum atomic E-state index is 13.9. The number of fused-ring (bicyclic) bond motifs is 1. The Morgan fingerprint density at radius 3 is 2.59 bits per heavy atom. The van der Waals surface area contributed by atoms with Crippen molar-refractivity contribution in [1.82, 2.24) is 4.90 Å². The van der Waals surface area contributed by atoms with Crippen LogP contribution in [0.1, 0.15) is 35.2 Å². The zero-order chi connectivity index (χ0) is 22.0. The van der Waals surface area contributed by atoms with E-state index in [-0.39, 0.29) is 35.1 Å². The number of hydrogen-bond donors (Lipinski definition) is 0. The number of hydrogen-bond acceptors (Lipinski definition) is 4. The molecule has 0 saturated carbocycles. The Hall–Kier alpha value is -2.28. The summed E-state index contributed by atoms with van der Waals surface area (Å²) >= 11 is 5.99. The summed E-state index contributed by atoms with van der Waals surface area (Å²) in [5.41, 5.74) is 1.03. The molecule has 0 bridgehead atoms. The Morgan fingerprint density at radius 1 is 1.12 bits per heavy atom. The number of piperidine rings is 1. The predicted molar refractivity (Wildman–Crippen MR) is 123 cm³/mol. The van der Waals surface area contributed by atoms with Crippen molar-refractivity contribution in [2.45, 2.75) is 25.7 Å². The number of Topliss-reactive ketones (excluding diaryl/α,β-unsaturated/α-hetero) is 1. The van der Waals surface area contributed by atoms with Gasteiger partial charge in [-0.3, -0.25) is 9.59 Å². The van der Waals surface area contributed by atoms with E-state index in [1.54, 1.807) is 18.2 Å². The Bertz CT molecular complexity index is 1170. The van der Waals surface area contributed by atoms with E-state index in [2.05, 4.69) is 4.90 Å². The highest BCUT2D eigenvalue weighted by atomic mass is 35.5. The highest BCUT2D eigenvalue weighted by molar-refractivity contribution is 6.31. The summed E-state index contributed by atoms with van der Waals surface area (Å²) in [5.74, 6) is -2.01. The number of ketones is 1. The van der Waals surface area contributed by atoms with Gasteiger partial charge in [0.25, 0.3) is 0 Å². The second-order valence-electron chi connectivity index (χ2n) is 7.94. The van der Waals surface area contributed by atoms with Gasteiger partial charge in [-0.25, -0.2) is 8.78 Å². The van der Waals surface area contributed by atoms with Gasteiger partial charge in [-0.15, -0.1) is 12.4 Å². The average Bonchev–Trinajstić information content (AvgIpc) is 2.76. The molecule has 0 amide bonds. The summed E-state index contributed by atoms with van der Waals surface area (Å²) in [6.07, 6.45) is 4.14. The topological polar surface area (TPSA) is 50.5 Å². The average molecular weight is 482 g/mol. The van der Waals surface area contributed by atoms with E-state index in [1.165, 1.54) is 12.3 Å². The molecule has 0 radical (unpaired) electrons. The molecule has 4 nitrogen and oxygen atoms in total. The monoisotopic (exact) mass is 481 g/mol. The molecule has 0 aliphatic carbocycles. The van der Waals surface area contributed by atoms with Gasteiger partial charge in [0.2, 0.25) is 0 Å². The second-order valence-corrected chi connectivity index (χ2v) is 8.37. The summed E-state index contributed by atoms with van der Waals surface area (Å²) in [4.78, 5) is 27.5. The number of halogens is 4. The lowest BCUT2D eigenvalue weighted by Gasteiger charge is -2.31. The highest BCUT2D eigenvalue weighted by Gasteiger charge is 2.27. The van der Waals surface area contributed by atoms with Crippen LogP contribution in [0, 0.1) is 17.6 Å². The van der Waals surface area contributed by atoms with E-state index < -0.39 is 11.6 Å². The van der Waals surface area contributed by atoms with Crippen LogP contribution >= 0.6 is 24.0 Å². The van der Waals surface area contributed by atoms with E-state index in [1.807, 2.05) is 0 Å². The van der Waals surface area contributed by atoms with Crippen molar-refractivity contribution in [2.24, 2.45) is 5.92 Å². The molecule has 4 rings (SSSR count). The van der Waals surface area contributed by atoms with Crippen LogP contribution in [0.15, 0.2) is 51.9 Å². The molecular formula is C24H23Cl2F2NO3. The van der Waals surface area contributed by atoms with Crippen LogP contribution < -0.4 is 5.43 Å². The predicted octanol–water partition coefficient (Wildman–Crippen LogP) is 5.67. The summed E-state index contributed by atoms with van der Waals surface area (Å²) in [6.45, 7) is 2.24. The molecule has 1 fully saturated rings. The number of nitrogens with zero attached hydrogens (tertiary/aromatic N) is 1. The lowest BCUT2D eigenvalue weighted by atomic mass is 9.88. The Labute approximate surface area is 195 Å². The van der Waals surface area contributed by atoms with E-state index in [4.69, 9.17) is 16.0 Å². The van der Waals surface area contributed by atoms with Crippen LogP contribution in [0.2, 0.25) is 5.02 Å². The first-order valence-corrected chi connectivity index (χ1v) is 10.7. The van der Waals surface area contributed by atoms with Gasteiger partial charge in [0.05, 0.1) is 17.2 Å². The van der Waals surface area contributed by atoms with Crippen LogP contribution in [0.5, 0.6) is 0 Å². The van der Waals surface area contributed by atoms with Crippen LogP contribution in [-0.4, -0.2) is 30.3 Å². The van der Waals surface area contributed by atoms with Crippen molar-refractivity contribution < 1.29 is 18.0 Å². The van der Waals surface area contributed by atoms with Gasteiger partial charge in [0.1, 0.15) is 17.2 Å². The molecule has 1 aromatic heterocycles. The second kappa shape index (κ2) is 10.6. The maximum Gasteiger partial charge on any atom is 0.195 e. The third-order valence-electron chi connectivity index (χ3n) is 5.88. The first-order valence-electron chi connectivity index (χ1n) is 10.3. The van der Waals surface area contributed by atoms with Gasteiger partial charge in [-0.1, -0.05) is 11.6 Å². The van der Waals surface area contributed by atoms with E-state index in [9.17, 15) is 18.4 Å². The van der Waals surface area contributed by atoms with Crippen molar-refractivity contribution in [2.75, 3.05) is 19.6 Å². The minimum absolute atomic E-state index is 0. The third-order valence-corrected chi connectivity index (χ3v) is 6.12. The molecule has 0 unspecified atom stereocenters. The van der Waals surface area contributed by atoms with Crippen LogP contribution in [-0.2, 0) is 6.42 Å². The van der Waals surface area contributed by atoms with E-state index >= 15 is 0 Å². The van der Waals surface area contributed by atoms with Crippen molar-refractivity contribution in [3.63, 3.8) is 0 Å².